The molecule has 2 unspecified atom stereocenters. The summed E-state index contributed by atoms with van der Waals surface area (Å²) in [4.78, 5) is 0. The quantitative estimate of drug-likeness (QED) is 0.314. The van der Waals surface area contributed by atoms with Crippen molar-refractivity contribution in [2.24, 2.45) is 0 Å². The molecule has 0 aromatic heterocycles. The Morgan fingerprint density at radius 1 is 1.16 bits per heavy atom. The summed E-state index contributed by atoms with van der Waals surface area (Å²) in [5, 5.41) is 0. The highest BCUT2D eigenvalue weighted by Crippen LogP contribution is 2.24. The Bertz CT molecular complexity index is 227. The van der Waals surface area contributed by atoms with E-state index in [-0.39, 0.29) is 6.10 Å². The summed E-state index contributed by atoms with van der Waals surface area (Å²) in [5.41, 5.74) is 0. The van der Waals surface area contributed by atoms with Crippen LogP contribution in [0.1, 0.15) is 53.4 Å². The molecule has 4 nitrogen and oxygen atoms in total. The smallest absolute Gasteiger partial charge is 0.374 e. The molecule has 0 radical (unpaired) electrons. The van der Waals surface area contributed by atoms with Gasteiger partial charge in [-0.1, -0.05) is 13.3 Å². The minimum atomic E-state index is -2.47. The molecule has 0 spiro atoms. The molecule has 1 heterocycles. The maximum absolute atomic E-state index is 6.15. The summed E-state index contributed by atoms with van der Waals surface area (Å²) in [6.45, 7) is 10.5. The Hall–Kier alpha value is 0.0569. The number of unbranched alkanes of at least 4 members (excludes halogenated alkanes) is 1. The van der Waals surface area contributed by atoms with Gasteiger partial charge in [-0.15, -0.1) is 0 Å². The SMILES string of the molecule is CCO[Si](CCCCC1CO1)(OCC)OC(C)CC. The van der Waals surface area contributed by atoms with E-state index in [1.54, 1.807) is 0 Å². The van der Waals surface area contributed by atoms with Crippen LogP contribution in [0.3, 0.4) is 0 Å². The minimum absolute atomic E-state index is 0.205. The molecular formula is C14H30O4Si. The van der Waals surface area contributed by atoms with Gasteiger partial charge in [0.1, 0.15) is 0 Å². The maximum Gasteiger partial charge on any atom is 0.501 e. The average molecular weight is 290 g/mol. The Kier molecular flexibility index (Phi) is 8.17. The normalized spacial score (nSPS) is 20.5. The zero-order chi connectivity index (χ0) is 14.1. The Labute approximate surface area is 119 Å². The molecule has 0 N–H and O–H groups in total. The van der Waals surface area contributed by atoms with Crippen molar-refractivity contribution in [1.82, 2.24) is 0 Å². The van der Waals surface area contributed by atoms with Crippen LogP contribution in [0.15, 0.2) is 0 Å². The number of ether oxygens (including phenoxy) is 1. The van der Waals surface area contributed by atoms with Crippen LogP contribution in [-0.2, 0) is 18.0 Å². The van der Waals surface area contributed by atoms with Gasteiger partial charge in [0, 0.05) is 25.4 Å². The molecule has 0 aliphatic carbocycles. The highest BCUT2D eigenvalue weighted by Gasteiger charge is 2.41. The molecule has 1 fully saturated rings. The van der Waals surface area contributed by atoms with E-state index in [1.807, 2.05) is 13.8 Å². The van der Waals surface area contributed by atoms with Crippen LogP contribution in [0, 0.1) is 0 Å². The molecule has 5 heteroatoms. The van der Waals surface area contributed by atoms with E-state index in [9.17, 15) is 0 Å². The predicted molar refractivity (Wildman–Crippen MR) is 78.2 cm³/mol. The van der Waals surface area contributed by atoms with Crippen molar-refractivity contribution in [2.75, 3.05) is 19.8 Å². The summed E-state index contributed by atoms with van der Waals surface area (Å²) in [6.07, 6.45) is 5.14. The largest absolute Gasteiger partial charge is 0.501 e. The number of epoxide rings is 1. The lowest BCUT2D eigenvalue weighted by atomic mass is 10.2. The first kappa shape index (κ1) is 17.1. The van der Waals surface area contributed by atoms with Crippen LogP contribution < -0.4 is 0 Å². The van der Waals surface area contributed by atoms with Crippen molar-refractivity contribution < 1.29 is 18.0 Å². The van der Waals surface area contributed by atoms with Crippen molar-refractivity contribution >= 4 is 8.80 Å². The predicted octanol–water partition coefficient (Wildman–Crippen LogP) is 3.38. The lowest BCUT2D eigenvalue weighted by molar-refractivity contribution is 0.0366. The molecule has 0 amide bonds. The van der Waals surface area contributed by atoms with Gasteiger partial charge in [-0.3, -0.25) is 0 Å². The molecule has 1 rings (SSSR count). The number of hydrogen-bond acceptors (Lipinski definition) is 4. The third kappa shape index (κ3) is 6.86. The van der Waals surface area contributed by atoms with Crippen molar-refractivity contribution in [2.45, 2.75) is 71.6 Å². The van der Waals surface area contributed by atoms with E-state index in [0.717, 1.165) is 31.9 Å². The summed E-state index contributed by atoms with van der Waals surface area (Å²) in [5.74, 6) is 0. The first-order chi connectivity index (χ1) is 9.15. The molecule has 0 bridgehead atoms. The highest BCUT2D eigenvalue weighted by atomic mass is 28.4. The van der Waals surface area contributed by atoms with Gasteiger partial charge in [0.15, 0.2) is 0 Å². The molecule has 2 atom stereocenters. The topological polar surface area (TPSA) is 40.2 Å². The zero-order valence-electron chi connectivity index (χ0n) is 12.9. The van der Waals surface area contributed by atoms with E-state index < -0.39 is 8.80 Å². The molecule has 0 aromatic rings. The second-order valence-electron chi connectivity index (χ2n) is 5.09. The summed E-state index contributed by atoms with van der Waals surface area (Å²) in [6, 6.07) is 0.922. The van der Waals surface area contributed by atoms with E-state index >= 15 is 0 Å². The minimum Gasteiger partial charge on any atom is -0.374 e. The Morgan fingerprint density at radius 2 is 1.79 bits per heavy atom. The second-order valence-corrected chi connectivity index (χ2v) is 7.77. The van der Waals surface area contributed by atoms with Crippen LogP contribution >= 0.6 is 0 Å². The molecule has 1 aliphatic heterocycles. The fraction of sp³-hybridized carbons (Fsp3) is 1.00. The lowest BCUT2D eigenvalue weighted by Gasteiger charge is -2.31. The zero-order valence-corrected chi connectivity index (χ0v) is 13.9. The van der Waals surface area contributed by atoms with Gasteiger partial charge < -0.3 is 18.0 Å². The summed E-state index contributed by atoms with van der Waals surface area (Å²) in [7, 11) is -2.47. The fourth-order valence-electron chi connectivity index (χ4n) is 2.09. The molecule has 19 heavy (non-hydrogen) atoms. The van der Waals surface area contributed by atoms with Crippen molar-refractivity contribution in [3.8, 4) is 0 Å². The van der Waals surface area contributed by atoms with Gasteiger partial charge in [-0.05, 0) is 40.0 Å². The molecule has 1 saturated heterocycles. The first-order valence-electron chi connectivity index (χ1n) is 7.73. The average Bonchev–Trinajstić information content (AvgIpc) is 3.19. The monoisotopic (exact) mass is 290 g/mol. The summed E-state index contributed by atoms with van der Waals surface area (Å²) < 4.78 is 23.2. The van der Waals surface area contributed by atoms with Crippen LogP contribution in [0.2, 0.25) is 6.04 Å². The van der Waals surface area contributed by atoms with E-state index in [4.69, 9.17) is 18.0 Å². The summed E-state index contributed by atoms with van der Waals surface area (Å²) >= 11 is 0. The number of rotatable bonds is 12. The van der Waals surface area contributed by atoms with Crippen molar-refractivity contribution in [3.05, 3.63) is 0 Å². The third-order valence-electron chi connectivity index (χ3n) is 3.35. The molecule has 0 saturated carbocycles. The Balaban J connectivity index is 2.42. The van der Waals surface area contributed by atoms with Gasteiger partial charge in [-0.25, -0.2) is 0 Å². The van der Waals surface area contributed by atoms with Gasteiger partial charge in [0.25, 0.3) is 0 Å². The van der Waals surface area contributed by atoms with E-state index in [0.29, 0.717) is 19.3 Å². The molecule has 114 valence electrons. The maximum atomic E-state index is 6.15. The lowest BCUT2D eigenvalue weighted by Crippen LogP contribution is -2.48. The van der Waals surface area contributed by atoms with E-state index in [1.165, 1.54) is 6.42 Å². The molecule has 0 aromatic carbocycles. The van der Waals surface area contributed by atoms with Crippen molar-refractivity contribution in [1.29, 1.82) is 0 Å². The molecule has 1 aliphatic rings. The van der Waals surface area contributed by atoms with Gasteiger partial charge >= 0.3 is 8.80 Å². The first-order valence-corrected chi connectivity index (χ1v) is 9.66. The van der Waals surface area contributed by atoms with Gasteiger partial charge in [0.2, 0.25) is 0 Å². The van der Waals surface area contributed by atoms with Crippen LogP contribution in [0.4, 0.5) is 0 Å². The number of hydrogen-bond donors (Lipinski definition) is 0. The van der Waals surface area contributed by atoms with Crippen molar-refractivity contribution in [3.63, 3.8) is 0 Å². The second kappa shape index (κ2) is 9.08. The van der Waals surface area contributed by atoms with Crippen LogP contribution in [0.25, 0.3) is 0 Å². The standard InChI is InChI=1S/C14H30O4Si/c1-5-13(4)18-19(16-6-2,17-7-3)11-9-8-10-14-12-15-14/h13-14H,5-12H2,1-4H3. The third-order valence-corrected chi connectivity index (χ3v) is 6.53. The fourth-order valence-corrected chi connectivity index (χ4v) is 5.06. The highest BCUT2D eigenvalue weighted by molar-refractivity contribution is 6.60. The van der Waals surface area contributed by atoms with Gasteiger partial charge in [-0.2, -0.15) is 0 Å². The van der Waals surface area contributed by atoms with Crippen LogP contribution in [0.5, 0.6) is 0 Å². The van der Waals surface area contributed by atoms with Crippen LogP contribution in [-0.4, -0.2) is 40.8 Å². The Morgan fingerprint density at radius 3 is 2.26 bits per heavy atom. The van der Waals surface area contributed by atoms with E-state index in [2.05, 4.69) is 13.8 Å². The molecular weight excluding hydrogens is 260 g/mol. The van der Waals surface area contributed by atoms with Gasteiger partial charge in [0.05, 0.1) is 12.7 Å².